The van der Waals surface area contributed by atoms with Crippen molar-refractivity contribution < 1.29 is 4.42 Å². The molecular formula is C13H12ClN3O. The third-order valence-electron chi connectivity index (χ3n) is 2.96. The molecule has 0 saturated heterocycles. The van der Waals surface area contributed by atoms with E-state index in [0.717, 1.165) is 28.1 Å². The molecule has 18 heavy (non-hydrogen) atoms. The summed E-state index contributed by atoms with van der Waals surface area (Å²) in [6, 6.07) is 3.88. The molecule has 0 radical (unpaired) electrons. The summed E-state index contributed by atoms with van der Waals surface area (Å²) in [5, 5.41) is 0. The Kier molecular flexibility index (Phi) is 2.80. The highest BCUT2D eigenvalue weighted by molar-refractivity contribution is 6.16. The Morgan fingerprint density at radius 1 is 1.39 bits per heavy atom. The van der Waals surface area contributed by atoms with Crippen LogP contribution in [0.5, 0.6) is 0 Å². The van der Waals surface area contributed by atoms with Crippen molar-refractivity contribution in [2.75, 3.05) is 0 Å². The third kappa shape index (κ3) is 1.78. The number of imidazole rings is 1. The fourth-order valence-corrected chi connectivity index (χ4v) is 2.22. The number of pyridine rings is 1. The molecule has 5 heteroatoms. The number of hydrogen-bond donors (Lipinski definition) is 0. The van der Waals surface area contributed by atoms with Crippen LogP contribution in [0.4, 0.5) is 0 Å². The van der Waals surface area contributed by atoms with Gasteiger partial charge in [-0.15, -0.1) is 11.6 Å². The van der Waals surface area contributed by atoms with Crippen molar-refractivity contribution in [3.63, 3.8) is 0 Å². The Bertz CT molecular complexity index is 673. The first-order valence-electron chi connectivity index (χ1n) is 5.67. The van der Waals surface area contributed by atoms with E-state index in [1.54, 1.807) is 18.7 Å². The number of hydrogen-bond acceptors (Lipinski definition) is 3. The van der Waals surface area contributed by atoms with E-state index >= 15 is 0 Å². The second-order valence-corrected chi connectivity index (χ2v) is 4.45. The minimum Gasteiger partial charge on any atom is -0.472 e. The van der Waals surface area contributed by atoms with Gasteiger partial charge in [-0.25, -0.2) is 9.97 Å². The maximum absolute atomic E-state index is 5.96. The van der Waals surface area contributed by atoms with Crippen LogP contribution < -0.4 is 0 Å². The molecule has 0 spiro atoms. The van der Waals surface area contributed by atoms with Gasteiger partial charge in [-0.3, -0.25) is 0 Å². The molecule has 3 aromatic heterocycles. The van der Waals surface area contributed by atoms with Gasteiger partial charge in [0.1, 0.15) is 11.3 Å². The predicted molar refractivity (Wildman–Crippen MR) is 69.6 cm³/mol. The van der Waals surface area contributed by atoms with Crippen LogP contribution in [0, 0.1) is 6.92 Å². The summed E-state index contributed by atoms with van der Waals surface area (Å²) in [4.78, 5) is 8.95. The lowest BCUT2D eigenvalue weighted by atomic mass is 10.3. The smallest absolute Gasteiger partial charge is 0.160 e. The van der Waals surface area contributed by atoms with Gasteiger partial charge in [-0.05, 0) is 24.6 Å². The van der Waals surface area contributed by atoms with E-state index in [4.69, 9.17) is 16.0 Å². The van der Waals surface area contributed by atoms with E-state index in [1.165, 1.54) is 0 Å². The zero-order chi connectivity index (χ0) is 12.5. The lowest BCUT2D eigenvalue weighted by Crippen LogP contribution is -2.03. The predicted octanol–water partition coefficient (Wildman–Crippen LogP) is 3.12. The van der Waals surface area contributed by atoms with E-state index in [9.17, 15) is 0 Å². The van der Waals surface area contributed by atoms with Gasteiger partial charge in [-0.2, -0.15) is 0 Å². The number of alkyl halides is 1. The van der Waals surface area contributed by atoms with Crippen molar-refractivity contribution in [1.82, 2.24) is 14.5 Å². The fourth-order valence-electron chi connectivity index (χ4n) is 2.02. The molecule has 3 heterocycles. The second kappa shape index (κ2) is 4.46. The highest BCUT2D eigenvalue weighted by atomic mass is 35.5. The molecule has 0 unspecified atom stereocenters. The first kappa shape index (κ1) is 11.3. The van der Waals surface area contributed by atoms with Gasteiger partial charge in [0.15, 0.2) is 5.65 Å². The number of rotatable bonds is 3. The van der Waals surface area contributed by atoms with Crippen LogP contribution in [0.1, 0.15) is 17.0 Å². The normalized spacial score (nSPS) is 11.2. The van der Waals surface area contributed by atoms with Crippen molar-refractivity contribution in [2.24, 2.45) is 0 Å². The summed E-state index contributed by atoms with van der Waals surface area (Å²) in [6.45, 7) is 2.70. The number of aromatic nitrogens is 3. The highest BCUT2D eigenvalue weighted by Crippen LogP contribution is 2.20. The molecule has 0 N–H and O–H groups in total. The molecule has 92 valence electrons. The minimum atomic E-state index is 0.369. The van der Waals surface area contributed by atoms with Gasteiger partial charge < -0.3 is 8.98 Å². The Labute approximate surface area is 109 Å². The van der Waals surface area contributed by atoms with E-state index in [-0.39, 0.29) is 0 Å². The molecule has 0 aromatic carbocycles. The fraction of sp³-hybridized carbons (Fsp3) is 0.231. The monoisotopic (exact) mass is 261 g/mol. The Balaban J connectivity index is 2.17. The molecular weight excluding hydrogens is 250 g/mol. The molecule has 0 aliphatic heterocycles. The maximum atomic E-state index is 5.96. The molecule has 3 rings (SSSR count). The maximum Gasteiger partial charge on any atom is 0.160 e. The van der Waals surface area contributed by atoms with Crippen molar-refractivity contribution >= 4 is 22.8 Å². The van der Waals surface area contributed by atoms with Gasteiger partial charge >= 0.3 is 0 Å². The quantitative estimate of drug-likeness (QED) is 0.681. The average Bonchev–Trinajstić information content (AvgIpc) is 2.99. The SMILES string of the molecule is Cc1ccnc2c1nc(CCl)n2Cc1ccoc1. The molecule has 0 atom stereocenters. The van der Waals surface area contributed by atoms with Crippen LogP contribution >= 0.6 is 11.6 Å². The third-order valence-corrected chi connectivity index (χ3v) is 3.19. The van der Waals surface area contributed by atoms with Crippen molar-refractivity contribution in [1.29, 1.82) is 0 Å². The standard InChI is InChI=1S/C13H12ClN3O/c1-9-2-4-15-13-12(9)16-11(6-14)17(13)7-10-3-5-18-8-10/h2-5,8H,6-7H2,1H3. The summed E-state index contributed by atoms with van der Waals surface area (Å²) >= 11 is 5.96. The van der Waals surface area contributed by atoms with Gasteiger partial charge in [0.25, 0.3) is 0 Å². The van der Waals surface area contributed by atoms with E-state index < -0.39 is 0 Å². The summed E-state index contributed by atoms with van der Waals surface area (Å²) in [7, 11) is 0. The molecule has 0 aliphatic rings. The second-order valence-electron chi connectivity index (χ2n) is 4.18. The minimum absolute atomic E-state index is 0.369. The summed E-state index contributed by atoms with van der Waals surface area (Å²) in [5.41, 5.74) is 3.96. The lowest BCUT2D eigenvalue weighted by molar-refractivity contribution is 0.562. The van der Waals surface area contributed by atoms with Crippen molar-refractivity contribution in [3.8, 4) is 0 Å². The molecule has 4 nitrogen and oxygen atoms in total. The van der Waals surface area contributed by atoms with Gasteiger partial charge in [-0.1, -0.05) is 0 Å². The molecule has 0 fully saturated rings. The van der Waals surface area contributed by atoms with E-state index in [0.29, 0.717) is 12.4 Å². The summed E-state index contributed by atoms with van der Waals surface area (Å²) in [6.07, 6.45) is 5.18. The van der Waals surface area contributed by atoms with Crippen LogP contribution in [0.15, 0.2) is 35.3 Å². The molecule has 0 bridgehead atoms. The first-order valence-corrected chi connectivity index (χ1v) is 6.21. The average molecular weight is 262 g/mol. The molecule has 3 aromatic rings. The van der Waals surface area contributed by atoms with E-state index in [2.05, 4.69) is 9.97 Å². The van der Waals surface area contributed by atoms with Gasteiger partial charge in [0.05, 0.1) is 25.0 Å². The largest absolute Gasteiger partial charge is 0.472 e. The number of fused-ring (bicyclic) bond motifs is 1. The van der Waals surface area contributed by atoms with E-state index in [1.807, 2.05) is 23.6 Å². The molecule has 0 aliphatic carbocycles. The van der Waals surface area contributed by atoms with Crippen LogP contribution in [0.2, 0.25) is 0 Å². The molecule has 0 amide bonds. The highest BCUT2D eigenvalue weighted by Gasteiger charge is 2.13. The molecule has 0 saturated carbocycles. The van der Waals surface area contributed by atoms with Gasteiger partial charge in [0.2, 0.25) is 0 Å². The summed E-state index contributed by atoms with van der Waals surface area (Å²) < 4.78 is 7.11. The van der Waals surface area contributed by atoms with Crippen molar-refractivity contribution in [2.45, 2.75) is 19.3 Å². The topological polar surface area (TPSA) is 43.9 Å². The Morgan fingerprint density at radius 3 is 3.00 bits per heavy atom. The lowest BCUT2D eigenvalue weighted by Gasteiger charge is -2.04. The van der Waals surface area contributed by atoms with Crippen LogP contribution in [-0.4, -0.2) is 14.5 Å². The number of furan rings is 1. The summed E-state index contributed by atoms with van der Waals surface area (Å²) in [5.74, 6) is 1.20. The zero-order valence-corrected chi connectivity index (χ0v) is 10.7. The van der Waals surface area contributed by atoms with Crippen LogP contribution in [-0.2, 0) is 12.4 Å². The Morgan fingerprint density at radius 2 is 2.28 bits per heavy atom. The zero-order valence-electron chi connectivity index (χ0n) is 9.93. The number of halogens is 1. The Hall–Kier alpha value is -1.81. The van der Waals surface area contributed by atoms with Crippen molar-refractivity contribution in [3.05, 3.63) is 47.8 Å². The number of aryl methyl sites for hydroxylation is 1. The number of nitrogens with zero attached hydrogens (tertiary/aromatic N) is 3. The van der Waals surface area contributed by atoms with Crippen LogP contribution in [0.3, 0.4) is 0 Å². The van der Waals surface area contributed by atoms with Gasteiger partial charge in [0, 0.05) is 11.8 Å². The first-order chi connectivity index (χ1) is 8.79. The van der Waals surface area contributed by atoms with Crippen LogP contribution in [0.25, 0.3) is 11.2 Å².